The third kappa shape index (κ3) is 4.79. The first-order valence-electron chi connectivity index (χ1n) is 11.7. The van der Waals surface area contributed by atoms with Crippen LogP contribution < -0.4 is 14.4 Å². The van der Waals surface area contributed by atoms with Crippen molar-refractivity contribution in [3.05, 3.63) is 126 Å². The third-order valence-corrected chi connectivity index (χ3v) is 6.15. The van der Waals surface area contributed by atoms with Crippen molar-refractivity contribution in [2.75, 3.05) is 12.0 Å². The summed E-state index contributed by atoms with van der Waals surface area (Å²) in [5, 5.41) is 11.2. The van der Waals surface area contributed by atoms with Crippen LogP contribution in [-0.2, 0) is 16.2 Å². The minimum absolute atomic E-state index is 0.0179. The van der Waals surface area contributed by atoms with Gasteiger partial charge in [0.2, 0.25) is 0 Å². The summed E-state index contributed by atoms with van der Waals surface area (Å²) in [6.45, 7) is 0.404. The van der Waals surface area contributed by atoms with Crippen LogP contribution in [0, 0.1) is 0 Å². The van der Waals surface area contributed by atoms with Crippen LogP contribution in [0.4, 0.5) is 5.69 Å². The first kappa shape index (κ1) is 23.8. The number of rotatable bonds is 7. The van der Waals surface area contributed by atoms with Gasteiger partial charge in [-0.25, -0.2) is 0 Å². The predicted molar refractivity (Wildman–Crippen MR) is 139 cm³/mol. The van der Waals surface area contributed by atoms with E-state index >= 15 is 0 Å². The van der Waals surface area contributed by atoms with E-state index in [2.05, 4.69) is 4.98 Å². The first-order chi connectivity index (χ1) is 18.1. The minimum atomic E-state index is -0.865. The van der Waals surface area contributed by atoms with Crippen molar-refractivity contribution >= 4 is 23.1 Å². The summed E-state index contributed by atoms with van der Waals surface area (Å²) in [6, 6.07) is 26.1. The van der Waals surface area contributed by atoms with E-state index in [1.807, 2.05) is 30.3 Å². The largest absolute Gasteiger partial charge is 0.507 e. The highest BCUT2D eigenvalue weighted by atomic mass is 16.5. The van der Waals surface area contributed by atoms with Gasteiger partial charge in [0.1, 0.15) is 23.9 Å². The van der Waals surface area contributed by atoms with E-state index in [0.29, 0.717) is 34.9 Å². The quantitative estimate of drug-likeness (QED) is 0.214. The molecule has 7 heteroatoms. The Morgan fingerprint density at radius 2 is 1.70 bits per heavy atom. The van der Waals surface area contributed by atoms with Crippen molar-refractivity contribution in [1.29, 1.82) is 0 Å². The van der Waals surface area contributed by atoms with Gasteiger partial charge in [0.05, 0.1) is 18.7 Å². The molecule has 184 valence electrons. The molecule has 1 aromatic heterocycles. The molecule has 37 heavy (non-hydrogen) atoms. The third-order valence-electron chi connectivity index (χ3n) is 6.15. The number of carbonyl (C=O) groups excluding carboxylic acids is 2. The van der Waals surface area contributed by atoms with Gasteiger partial charge in [-0.2, -0.15) is 0 Å². The number of ether oxygens (including phenoxy) is 2. The van der Waals surface area contributed by atoms with Gasteiger partial charge >= 0.3 is 0 Å². The first-order valence-corrected chi connectivity index (χ1v) is 11.7. The zero-order valence-corrected chi connectivity index (χ0v) is 20.1. The van der Waals surface area contributed by atoms with Gasteiger partial charge in [0.25, 0.3) is 11.7 Å². The van der Waals surface area contributed by atoms with E-state index in [1.54, 1.807) is 73.1 Å². The molecule has 1 aliphatic rings. The van der Waals surface area contributed by atoms with Crippen molar-refractivity contribution in [2.24, 2.45) is 0 Å². The van der Waals surface area contributed by atoms with Crippen LogP contribution in [0.2, 0.25) is 0 Å². The lowest BCUT2D eigenvalue weighted by Crippen LogP contribution is -2.29. The van der Waals surface area contributed by atoms with Crippen LogP contribution in [0.15, 0.2) is 109 Å². The van der Waals surface area contributed by atoms with Crippen LogP contribution >= 0.6 is 0 Å². The van der Waals surface area contributed by atoms with E-state index < -0.39 is 17.7 Å². The summed E-state index contributed by atoms with van der Waals surface area (Å²) in [7, 11) is 1.51. The highest BCUT2D eigenvalue weighted by molar-refractivity contribution is 6.51. The highest BCUT2D eigenvalue weighted by Gasteiger charge is 2.47. The summed E-state index contributed by atoms with van der Waals surface area (Å²) < 4.78 is 11.1. The summed E-state index contributed by atoms with van der Waals surface area (Å²) in [5.41, 5.74) is 2.47. The molecule has 0 saturated carbocycles. The number of amides is 1. The van der Waals surface area contributed by atoms with E-state index in [9.17, 15) is 14.7 Å². The van der Waals surface area contributed by atoms with Crippen LogP contribution in [0.1, 0.15) is 22.7 Å². The number of ketones is 1. The van der Waals surface area contributed by atoms with Crippen LogP contribution in [-0.4, -0.2) is 28.9 Å². The van der Waals surface area contributed by atoms with Crippen LogP contribution in [0.25, 0.3) is 5.76 Å². The Hall–Kier alpha value is -4.91. The molecule has 0 aliphatic carbocycles. The smallest absolute Gasteiger partial charge is 0.300 e. The van der Waals surface area contributed by atoms with E-state index in [0.717, 1.165) is 5.56 Å². The standard InChI is InChI=1S/C30H24N2O5/c1-36-25-11-5-9-21(17-25)28(33)26-27(22-10-6-16-31-18-22)32(30(35)29(26)34)23-12-14-24(15-13-23)37-19-20-7-3-2-4-8-20/h2-18,27,33H,19H2,1H3/b28-26-. The Balaban J connectivity index is 1.52. The van der Waals surface area contributed by atoms with Gasteiger partial charge < -0.3 is 14.6 Å². The summed E-state index contributed by atoms with van der Waals surface area (Å²) in [6.07, 6.45) is 3.19. The second kappa shape index (κ2) is 10.4. The number of carbonyl (C=O) groups is 2. The number of nitrogens with zero attached hydrogens (tertiary/aromatic N) is 2. The fraction of sp³-hybridized carbons (Fsp3) is 0.100. The Labute approximate surface area is 214 Å². The number of pyridine rings is 1. The molecule has 0 spiro atoms. The molecule has 5 rings (SSSR count). The van der Waals surface area contributed by atoms with Gasteiger partial charge in [-0.05, 0) is 53.6 Å². The molecule has 0 bridgehead atoms. The van der Waals surface area contributed by atoms with E-state index in [4.69, 9.17) is 9.47 Å². The number of benzene rings is 3. The zero-order chi connectivity index (χ0) is 25.8. The number of Topliss-reactive ketones (excluding diaryl/α,β-unsaturated/α-hetero) is 1. The molecule has 7 nitrogen and oxygen atoms in total. The van der Waals surface area contributed by atoms with Crippen molar-refractivity contribution in [3.63, 3.8) is 0 Å². The van der Waals surface area contributed by atoms with E-state index in [-0.39, 0.29) is 11.3 Å². The minimum Gasteiger partial charge on any atom is -0.507 e. The predicted octanol–water partition coefficient (Wildman–Crippen LogP) is 5.30. The number of aliphatic hydroxyl groups is 1. The average Bonchev–Trinajstić information content (AvgIpc) is 3.22. The molecule has 1 atom stereocenters. The van der Waals surface area contributed by atoms with E-state index in [1.165, 1.54) is 12.0 Å². The number of hydrogen-bond donors (Lipinski definition) is 1. The second-order valence-electron chi connectivity index (χ2n) is 8.46. The highest BCUT2D eigenvalue weighted by Crippen LogP contribution is 2.42. The van der Waals surface area contributed by atoms with Gasteiger partial charge in [-0.15, -0.1) is 0 Å². The average molecular weight is 493 g/mol. The summed E-state index contributed by atoms with van der Waals surface area (Å²) in [5.74, 6) is -0.660. The molecular formula is C30H24N2O5. The van der Waals surface area contributed by atoms with Gasteiger partial charge in [-0.3, -0.25) is 19.5 Å². The maximum Gasteiger partial charge on any atom is 0.300 e. The molecule has 1 amide bonds. The van der Waals surface area contributed by atoms with Crippen molar-refractivity contribution < 1.29 is 24.2 Å². The number of anilines is 1. The summed E-state index contributed by atoms with van der Waals surface area (Å²) >= 11 is 0. The Kier molecular flexibility index (Phi) is 6.68. The summed E-state index contributed by atoms with van der Waals surface area (Å²) in [4.78, 5) is 32.1. The molecule has 4 aromatic rings. The number of aliphatic hydroxyl groups excluding tert-OH is 1. The lowest BCUT2D eigenvalue weighted by atomic mass is 9.96. The normalized spacial score (nSPS) is 16.6. The van der Waals surface area contributed by atoms with Crippen LogP contribution in [0.5, 0.6) is 11.5 Å². The molecule has 3 aromatic carbocycles. The lowest BCUT2D eigenvalue weighted by molar-refractivity contribution is -0.132. The van der Waals surface area contributed by atoms with Gasteiger partial charge in [0.15, 0.2) is 0 Å². The number of hydrogen-bond acceptors (Lipinski definition) is 6. The van der Waals surface area contributed by atoms with Crippen molar-refractivity contribution in [1.82, 2.24) is 4.98 Å². The van der Waals surface area contributed by atoms with Crippen molar-refractivity contribution in [3.8, 4) is 11.5 Å². The monoisotopic (exact) mass is 492 g/mol. The molecule has 1 saturated heterocycles. The second-order valence-corrected chi connectivity index (χ2v) is 8.46. The topological polar surface area (TPSA) is 89.0 Å². The van der Waals surface area contributed by atoms with Gasteiger partial charge in [0, 0.05) is 23.6 Å². The fourth-order valence-corrected chi connectivity index (χ4v) is 4.32. The van der Waals surface area contributed by atoms with Crippen LogP contribution in [0.3, 0.4) is 0 Å². The van der Waals surface area contributed by atoms with Crippen molar-refractivity contribution in [2.45, 2.75) is 12.6 Å². The van der Waals surface area contributed by atoms with Gasteiger partial charge in [-0.1, -0.05) is 48.5 Å². The molecule has 1 unspecified atom stereocenters. The Morgan fingerprint density at radius 1 is 0.919 bits per heavy atom. The molecule has 1 fully saturated rings. The zero-order valence-electron chi connectivity index (χ0n) is 20.1. The SMILES string of the molecule is COc1cccc(/C(O)=C2/C(=O)C(=O)N(c3ccc(OCc4ccccc4)cc3)C2c2cccnc2)c1. The maximum atomic E-state index is 13.3. The fourth-order valence-electron chi connectivity index (χ4n) is 4.32. The molecule has 1 N–H and O–H groups in total. The molecular weight excluding hydrogens is 468 g/mol. The number of aromatic nitrogens is 1. The maximum absolute atomic E-state index is 13.3. The Morgan fingerprint density at radius 3 is 2.41 bits per heavy atom. The Bertz CT molecular complexity index is 1450. The molecule has 1 aliphatic heterocycles. The molecule has 2 heterocycles. The molecule has 0 radical (unpaired) electrons. The lowest BCUT2D eigenvalue weighted by Gasteiger charge is -2.25. The number of methoxy groups -OCH3 is 1.